The number of carbonyl (C=O) groups is 1. The van der Waals surface area contributed by atoms with E-state index in [-0.39, 0.29) is 10.8 Å². The first-order valence-corrected chi connectivity index (χ1v) is 23.3. The van der Waals surface area contributed by atoms with E-state index in [4.69, 9.17) is 5.73 Å². The lowest BCUT2D eigenvalue weighted by Crippen LogP contribution is -2.40. The number of nitrogens with one attached hydrogen (secondary N) is 1. The summed E-state index contributed by atoms with van der Waals surface area (Å²) in [6.07, 6.45) is 10.2. The summed E-state index contributed by atoms with van der Waals surface area (Å²) < 4.78 is 0. The number of nitrogens with two attached hydrogens (primary N) is 1. The van der Waals surface area contributed by atoms with Crippen LogP contribution in [0.5, 0.6) is 0 Å². The Labute approximate surface area is 372 Å². The van der Waals surface area contributed by atoms with Crippen LogP contribution < -0.4 is 11.1 Å². The van der Waals surface area contributed by atoms with Crippen LogP contribution in [0.25, 0.3) is 0 Å². The van der Waals surface area contributed by atoms with Crippen molar-refractivity contribution >= 4 is 6.41 Å². The molecule has 0 aromatic heterocycles. The Bertz CT molecular complexity index is 2040. The summed E-state index contributed by atoms with van der Waals surface area (Å²) in [7, 11) is 0. The minimum atomic E-state index is -0.216. The van der Waals surface area contributed by atoms with Crippen molar-refractivity contribution in [3.05, 3.63) is 215 Å². The van der Waals surface area contributed by atoms with Gasteiger partial charge in [0.05, 0.1) is 0 Å². The number of carbonyl (C=O) groups excluding carboxylic acids is 1. The van der Waals surface area contributed by atoms with Crippen molar-refractivity contribution in [1.82, 2.24) is 15.1 Å². The fourth-order valence-electron chi connectivity index (χ4n) is 10.4. The maximum Gasteiger partial charge on any atom is 0.207 e. The van der Waals surface area contributed by atoms with Crippen molar-refractivity contribution in [3.8, 4) is 0 Å². The Balaban J connectivity index is 0.000000187. The molecule has 6 aromatic rings. The number of benzene rings is 6. The molecule has 2 saturated heterocycles. The summed E-state index contributed by atoms with van der Waals surface area (Å²) in [5, 5.41) is 3.00. The van der Waals surface area contributed by atoms with Crippen LogP contribution in [-0.2, 0) is 15.6 Å². The van der Waals surface area contributed by atoms with Crippen molar-refractivity contribution < 1.29 is 4.79 Å². The third-order valence-corrected chi connectivity index (χ3v) is 14.0. The first-order valence-electron chi connectivity index (χ1n) is 23.3. The minimum Gasteiger partial charge on any atom is -0.357 e. The highest BCUT2D eigenvalue weighted by Gasteiger charge is 2.35. The molecule has 0 saturated carbocycles. The third kappa shape index (κ3) is 11.6. The lowest BCUT2D eigenvalue weighted by molar-refractivity contribution is -0.109. The Morgan fingerprint density at radius 1 is 0.468 bits per heavy atom. The highest BCUT2D eigenvalue weighted by molar-refractivity contribution is 5.49. The van der Waals surface area contributed by atoms with E-state index in [9.17, 15) is 4.79 Å². The number of likely N-dealkylation sites (tertiary alicyclic amines) is 2. The summed E-state index contributed by atoms with van der Waals surface area (Å²) in [6.45, 7) is 8.23. The molecule has 8 rings (SSSR count). The molecule has 2 fully saturated rings. The van der Waals surface area contributed by atoms with E-state index < -0.39 is 0 Å². The molecule has 0 aliphatic carbocycles. The van der Waals surface area contributed by atoms with Gasteiger partial charge < -0.3 is 20.9 Å². The van der Waals surface area contributed by atoms with Crippen molar-refractivity contribution in [2.24, 2.45) is 5.73 Å². The van der Waals surface area contributed by atoms with Gasteiger partial charge in [0.25, 0.3) is 0 Å². The van der Waals surface area contributed by atoms with Crippen LogP contribution in [0, 0.1) is 0 Å². The molecule has 2 aliphatic rings. The van der Waals surface area contributed by atoms with E-state index in [0.717, 1.165) is 64.2 Å². The second kappa shape index (κ2) is 23.2. The van der Waals surface area contributed by atoms with Crippen molar-refractivity contribution in [2.45, 2.75) is 74.0 Å². The largest absolute Gasteiger partial charge is 0.357 e. The second-order valence-electron chi connectivity index (χ2n) is 17.6. The van der Waals surface area contributed by atoms with E-state index in [1.807, 2.05) is 0 Å². The number of amides is 1. The fraction of sp³-hybridized carbons (Fsp3) is 0.351. The maximum absolute atomic E-state index is 11.3. The molecule has 0 radical (unpaired) electrons. The van der Waals surface area contributed by atoms with Crippen LogP contribution >= 0.6 is 0 Å². The summed E-state index contributed by atoms with van der Waals surface area (Å²) in [5.74, 6) is 1.41. The molecule has 3 N–H and O–H groups in total. The zero-order valence-electron chi connectivity index (χ0n) is 36.7. The molecule has 2 aliphatic heterocycles. The second-order valence-corrected chi connectivity index (χ2v) is 17.6. The molecule has 62 heavy (non-hydrogen) atoms. The van der Waals surface area contributed by atoms with Gasteiger partial charge in [-0.2, -0.15) is 0 Å². The number of rotatable bonds is 18. The van der Waals surface area contributed by atoms with E-state index in [1.54, 1.807) is 0 Å². The molecule has 0 unspecified atom stereocenters. The van der Waals surface area contributed by atoms with E-state index in [0.29, 0.717) is 19.0 Å². The van der Waals surface area contributed by atoms with Gasteiger partial charge in [-0.25, -0.2) is 0 Å². The third-order valence-electron chi connectivity index (χ3n) is 14.0. The molecule has 0 atom stereocenters. The fourth-order valence-corrected chi connectivity index (χ4v) is 10.4. The van der Waals surface area contributed by atoms with Gasteiger partial charge in [-0.3, -0.25) is 4.79 Å². The van der Waals surface area contributed by atoms with Crippen molar-refractivity contribution in [2.75, 3.05) is 52.4 Å². The van der Waals surface area contributed by atoms with Gasteiger partial charge in [0, 0.05) is 23.9 Å². The summed E-state index contributed by atoms with van der Waals surface area (Å²) in [4.78, 5) is 16.5. The Kier molecular flexibility index (Phi) is 16.7. The smallest absolute Gasteiger partial charge is 0.207 e. The van der Waals surface area contributed by atoms with Gasteiger partial charge in [0.2, 0.25) is 6.41 Å². The topological polar surface area (TPSA) is 61.6 Å². The highest BCUT2D eigenvalue weighted by atomic mass is 16.1. The van der Waals surface area contributed by atoms with E-state index >= 15 is 0 Å². The van der Waals surface area contributed by atoms with Crippen LogP contribution in [0.4, 0.5) is 0 Å². The maximum atomic E-state index is 11.3. The van der Waals surface area contributed by atoms with Crippen molar-refractivity contribution in [3.63, 3.8) is 0 Å². The van der Waals surface area contributed by atoms with Gasteiger partial charge >= 0.3 is 0 Å². The SMILES string of the molecule is NCC(CCCN1CCC(c2ccccc2)CC1)(c1ccccc1)c1ccccc1.O=CNCC(CCCN1CCC(c2ccccc2)CC1)(c1ccccc1)c1ccccc1. The first kappa shape index (κ1) is 44.7. The molecule has 0 bridgehead atoms. The average Bonchev–Trinajstić information content (AvgIpc) is 3.36. The first-order chi connectivity index (χ1) is 30.6. The minimum absolute atomic E-state index is 0.106. The molecular formula is C57H68N4O. The Morgan fingerprint density at radius 2 is 0.774 bits per heavy atom. The highest BCUT2D eigenvalue weighted by Crippen LogP contribution is 2.38. The lowest BCUT2D eigenvalue weighted by Gasteiger charge is -2.37. The van der Waals surface area contributed by atoms with Crippen LogP contribution in [0.2, 0.25) is 0 Å². The monoisotopic (exact) mass is 825 g/mol. The van der Waals surface area contributed by atoms with E-state index in [2.05, 4.69) is 197 Å². The Morgan fingerprint density at radius 3 is 1.10 bits per heavy atom. The average molecular weight is 825 g/mol. The number of hydrogen-bond acceptors (Lipinski definition) is 4. The van der Waals surface area contributed by atoms with Crippen LogP contribution in [0.3, 0.4) is 0 Å². The molecule has 6 aromatic carbocycles. The molecule has 0 spiro atoms. The lowest BCUT2D eigenvalue weighted by atomic mass is 9.71. The van der Waals surface area contributed by atoms with Gasteiger partial charge in [-0.1, -0.05) is 182 Å². The van der Waals surface area contributed by atoms with Crippen LogP contribution in [0.1, 0.15) is 96.6 Å². The molecule has 5 heteroatoms. The van der Waals surface area contributed by atoms with Gasteiger partial charge in [-0.15, -0.1) is 0 Å². The molecular weight excluding hydrogens is 757 g/mol. The quantitative estimate of drug-likeness (QED) is 0.0848. The van der Waals surface area contributed by atoms with Crippen molar-refractivity contribution in [1.29, 1.82) is 0 Å². The summed E-state index contributed by atoms with van der Waals surface area (Å²) in [6, 6.07) is 65.0. The summed E-state index contributed by atoms with van der Waals surface area (Å²) >= 11 is 0. The predicted molar refractivity (Wildman–Crippen MR) is 259 cm³/mol. The number of piperidine rings is 2. The predicted octanol–water partition coefficient (Wildman–Crippen LogP) is 11.0. The molecule has 1 amide bonds. The van der Waals surface area contributed by atoms with Gasteiger partial charge in [0.15, 0.2) is 0 Å². The van der Waals surface area contributed by atoms with Crippen LogP contribution in [0.15, 0.2) is 182 Å². The number of hydrogen-bond donors (Lipinski definition) is 2. The van der Waals surface area contributed by atoms with Gasteiger partial charge in [0.1, 0.15) is 0 Å². The normalized spacial score (nSPS) is 15.6. The van der Waals surface area contributed by atoms with E-state index in [1.165, 1.54) is 72.2 Å². The molecule has 322 valence electrons. The number of nitrogens with zero attached hydrogens (tertiary/aromatic N) is 2. The zero-order chi connectivity index (χ0) is 42.7. The summed E-state index contributed by atoms with van der Waals surface area (Å²) in [5.41, 5.74) is 14.3. The molecule has 5 nitrogen and oxygen atoms in total. The van der Waals surface area contributed by atoms with Gasteiger partial charge in [-0.05, 0) is 136 Å². The molecule has 2 heterocycles. The standard InChI is InChI=1S/C29H34N2O.C28H34N2/c32-24-30-23-29(27-13-6-2-7-14-27,28-15-8-3-9-16-28)19-10-20-31-21-17-26(18-22-31)25-11-4-1-5-12-25;29-23-28(26-13-6-2-7-14-26,27-15-8-3-9-16-27)19-10-20-30-21-17-25(18-22-30)24-11-4-1-5-12-24/h1-9,11-16,24,26H,10,17-23H2,(H,30,32);1-9,11-16,25H,10,17-23,29H2. The Hall–Kier alpha value is -5.33. The zero-order valence-corrected chi connectivity index (χ0v) is 36.7. The van der Waals surface area contributed by atoms with Crippen LogP contribution in [-0.4, -0.2) is 68.6 Å².